The average molecular weight is 253 g/mol. The Balaban J connectivity index is 1.87. The van der Waals surface area contributed by atoms with E-state index in [2.05, 4.69) is 0 Å². The van der Waals surface area contributed by atoms with Gasteiger partial charge in [0, 0.05) is 5.56 Å². The van der Waals surface area contributed by atoms with Crippen LogP contribution >= 0.6 is 11.6 Å². The highest BCUT2D eigenvalue weighted by Gasteiger charge is 2.16. The molecule has 17 heavy (non-hydrogen) atoms. The normalized spacial score (nSPS) is 17.0. The number of carbonyl (C=O) groups excluding carboxylic acids is 1. The van der Waals surface area contributed by atoms with E-state index in [4.69, 9.17) is 16.3 Å². The Morgan fingerprint density at radius 2 is 1.94 bits per heavy atom. The maximum Gasteiger partial charge on any atom is 0.189 e. The van der Waals surface area contributed by atoms with Crippen LogP contribution in [0.5, 0.6) is 0 Å². The zero-order valence-corrected chi connectivity index (χ0v) is 10.6. The van der Waals surface area contributed by atoms with Crippen LogP contribution in [-0.4, -0.2) is 18.5 Å². The van der Waals surface area contributed by atoms with Crippen molar-refractivity contribution >= 4 is 17.4 Å². The molecular formula is C14H17ClO2. The molecule has 0 aliphatic heterocycles. The first-order valence-corrected chi connectivity index (χ1v) is 6.54. The molecule has 3 heteroatoms. The van der Waals surface area contributed by atoms with Gasteiger partial charge in [-0.15, -0.1) is 0 Å². The van der Waals surface area contributed by atoms with Gasteiger partial charge in [-0.25, -0.2) is 0 Å². The van der Waals surface area contributed by atoms with Gasteiger partial charge in [-0.05, 0) is 25.0 Å². The third-order valence-corrected chi connectivity index (χ3v) is 3.51. The van der Waals surface area contributed by atoms with Crippen LogP contribution in [-0.2, 0) is 4.74 Å². The highest BCUT2D eigenvalue weighted by molar-refractivity contribution is 6.34. The van der Waals surface area contributed by atoms with Crippen molar-refractivity contribution in [2.45, 2.75) is 38.2 Å². The standard InChI is InChI=1S/C14H17ClO2/c15-13-9-5-4-8-12(13)14(16)10-17-11-6-2-1-3-7-11/h4-5,8-9,11H,1-3,6-7,10H2. The molecule has 0 spiro atoms. The number of rotatable bonds is 4. The molecule has 0 atom stereocenters. The molecule has 0 radical (unpaired) electrons. The number of ether oxygens (including phenoxy) is 1. The zero-order valence-electron chi connectivity index (χ0n) is 9.82. The van der Waals surface area contributed by atoms with Crippen LogP contribution in [0.15, 0.2) is 24.3 Å². The second-order valence-electron chi connectivity index (χ2n) is 4.47. The van der Waals surface area contributed by atoms with E-state index in [0.29, 0.717) is 10.6 Å². The number of hydrogen-bond donors (Lipinski definition) is 0. The summed E-state index contributed by atoms with van der Waals surface area (Å²) in [7, 11) is 0. The van der Waals surface area contributed by atoms with Gasteiger partial charge in [0.15, 0.2) is 5.78 Å². The molecule has 0 heterocycles. The van der Waals surface area contributed by atoms with E-state index >= 15 is 0 Å². The molecule has 1 aliphatic rings. The van der Waals surface area contributed by atoms with Gasteiger partial charge in [-0.1, -0.05) is 43.0 Å². The molecule has 0 amide bonds. The maximum absolute atomic E-state index is 11.9. The quantitative estimate of drug-likeness (QED) is 0.761. The number of ketones is 1. The molecule has 2 rings (SSSR count). The van der Waals surface area contributed by atoms with Crippen molar-refractivity contribution in [3.63, 3.8) is 0 Å². The van der Waals surface area contributed by atoms with Crippen molar-refractivity contribution in [3.05, 3.63) is 34.9 Å². The minimum Gasteiger partial charge on any atom is -0.370 e. The molecule has 1 fully saturated rings. The van der Waals surface area contributed by atoms with Crippen LogP contribution in [0.4, 0.5) is 0 Å². The number of halogens is 1. The summed E-state index contributed by atoms with van der Waals surface area (Å²) in [5.41, 5.74) is 0.560. The Hall–Kier alpha value is -0.860. The predicted molar refractivity (Wildman–Crippen MR) is 68.6 cm³/mol. The number of Topliss-reactive ketones (excluding diaryl/α,β-unsaturated/α-hetero) is 1. The highest BCUT2D eigenvalue weighted by Crippen LogP contribution is 2.21. The molecule has 0 aromatic heterocycles. The van der Waals surface area contributed by atoms with E-state index < -0.39 is 0 Å². The van der Waals surface area contributed by atoms with Crippen LogP contribution in [0.3, 0.4) is 0 Å². The Labute approximate surface area is 107 Å². The minimum absolute atomic E-state index is 0.0267. The van der Waals surface area contributed by atoms with E-state index in [0.717, 1.165) is 12.8 Å². The van der Waals surface area contributed by atoms with E-state index in [9.17, 15) is 4.79 Å². The highest BCUT2D eigenvalue weighted by atomic mass is 35.5. The molecule has 0 saturated heterocycles. The van der Waals surface area contributed by atoms with Crippen molar-refractivity contribution in [1.29, 1.82) is 0 Å². The van der Waals surface area contributed by atoms with Crippen molar-refractivity contribution in [1.82, 2.24) is 0 Å². The topological polar surface area (TPSA) is 26.3 Å². The average Bonchev–Trinajstić information content (AvgIpc) is 2.38. The fraction of sp³-hybridized carbons (Fsp3) is 0.500. The first-order valence-electron chi connectivity index (χ1n) is 6.16. The number of benzene rings is 1. The Bertz CT molecular complexity index is 384. The Morgan fingerprint density at radius 3 is 2.65 bits per heavy atom. The lowest BCUT2D eigenvalue weighted by molar-refractivity contribution is 0.0284. The summed E-state index contributed by atoms with van der Waals surface area (Å²) < 4.78 is 5.65. The molecule has 2 nitrogen and oxygen atoms in total. The lowest BCUT2D eigenvalue weighted by Crippen LogP contribution is -2.21. The van der Waals surface area contributed by atoms with Crippen LogP contribution in [0.25, 0.3) is 0 Å². The molecule has 1 aliphatic carbocycles. The van der Waals surface area contributed by atoms with Gasteiger partial charge in [0.25, 0.3) is 0 Å². The predicted octanol–water partition coefficient (Wildman–Crippen LogP) is 3.87. The summed E-state index contributed by atoms with van der Waals surface area (Å²) >= 11 is 5.96. The van der Waals surface area contributed by atoms with Gasteiger partial charge in [0.05, 0.1) is 11.1 Å². The maximum atomic E-state index is 11.9. The lowest BCUT2D eigenvalue weighted by atomic mass is 9.98. The summed E-state index contributed by atoms with van der Waals surface area (Å²) in [4.78, 5) is 11.9. The third kappa shape index (κ3) is 3.55. The first kappa shape index (κ1) is 12.6. The molecule has 1 aromatic carbocycles. The van der Waals surface area contributed by atoms with E-state index in [1.807, 2.05) is 12.1 Å². The molecule has 92 valence electrons. The van der Waals surface area contributed by atoms with Crippen LogP contribution < -0.4 is 0 Å². The summed E-state index contributed by atoms with van der Waals surface area (Å²) in [6, 6.07) is 7.12. The lowest BCUT2D eigenvalue weighted by Gasteiger charge is -2.21. The van der Waals surface area contributed by atoms with Crippen LogP contribution in [0, 0.1) is 0 Å². The molecular weight excluding hydrogens is 236 g/mol. The first-order chi connectivity index (χ1) is 8.27. The van der Waals surface area contributed by atoms with Crippen molar-refractivity contribution in [2.75, 3.05) is 6.61 Å². The summed E-state index contributed by atoms with van der Waals surface area (Å²) in [5, 5.41) is 0.504. The fourth-order valence-corrected chi connectivity index (χ4v) is 2.43. The molecule has 0 unspecified atom stereocenters. The second-order valence-corrected chi connectivity index (χ2v) is 4.88. The minimum atomic E-state index is -0.0267. The number of carbonyl (C=O) groups is 1. The van der Waals surface area contributed by atoms with Gasteiger partial charge >= 0.3 is 0 Å². The molecule has 0 bridgehead atoms. The number of hydrogen-bond acceptors (Lipinski definition) is 2. The monoisotopic (exact) mass is 252 g/mol. The summed E-state index contributed by atoms with van der Waals surface area (Å²) in [5.74, 6) is -0.0267. The van der Waals surface area contributed by atoms with Crippen molar-refractivity contribution < 1.29 is 9.53 Å². The van der Waals surface area contributed by atoms with Gasteiger partial charge in [-0.2, -0.15) is 0 Å². The SMILES string of the molecule is O=C(COC1CCCCC1)c1ccccc1Cl. The Morgan fingerprint density at radius 1 is 1.24 bits per heavy atom. The molecule has 1 aromatic rings. The Kier molecular flexibility index (Phi) is 4.57. The third-order valence-electron chi connectivity index (χ3n) is 3.18. The largest absolute Gasteiger partial charge is 0.370 e. The summed E-state index contributed by atoms with van der Waals surface area (Å²) in [6.07, 6.45) is 6.13. The zero-order chi connectivity index (χ0) is 12.1. The fourth-order valence-electron chi connectivity index (χ4n) is 2.19. The van der Waals surface area contributed by atoms with E-state index in [1.165, 1.54) is 19.3 Å². The van der Waals surface area contributed by atoms with Gasteiger partial charge in [-0.3, -0.25) is 4.79 Å². The van der Waals surface area contributed by atoms with Crippen molar-refractivity contribution in [3.8, 4) is 0 Å². The van der Waals surface area contributed by atoms with E-state index in [-0.39, 0.29) is 18.5 Å². The smallest absolute Gasteiger partial charge is 0.189 e. The van der Waals surface area contributed by atoms with Crippen LogP contribution in [0.1, 0.15) is 42.5 Å². The molecule has 1 saturated carbocycles. The molecule has 0 N–H and O–H groups in total. The van der Waals surface area contributed by atoms with E-state index in [1.54, 1.807) is 12.1 Å². The van der Waals surface area contributed by atoms with Crippen LogP contribution in [0.2, 0.25) is 5.02 Å². The summed E-state index contributed by atoms with van der Waals surface area (Å²) in [6.45, 7) is 0.147. The second kappa shape index (κ2) is 6.18. The van der Waals surface area contributed by atoms with Crippen molar-refractivity contribution in [2.24, 2.45) is 0 Å². The van der Waals surface area contributed by atoms with Gasteiger partial charge < -0.3 is 4.74 Å². The van der Waals surface area contributed by atoms with Gasteiger partial charge in [0.2, 0.25) is 0 Å². The van der Waals surface area contributed by atoms with Gasteiger partial charge in [0.1, 0.15) is 6.61 Å².